The van der Waals surface area contributed by atoms with Crippen LogP contribution in [-0.4, -0.2) is 42.1 Å². The Labute approximate surface area is 193 Å². The number of carbonyl (C=O) groups excluding carboxylic acids is 1. The maximum atomic E-state index is 12.3. The molecule has 1 aliphatic carbocycles. The normalized spacial score (nSPS) is 16.3. The van der Waals surface area contributed by atoms with Gasteiger partial charge in [0, 0.05) is 19.0 Å². The van der Waals surface area contributed by atoms with E-state index in [9.17, 15) is 15.0 Å². The molecule has 4 N–H and O–H groups in total. The fourth-order valence-corrected chi connectivity index (χ4v) is 4.86. The van der Waals surface area contributed by atoms with Crippen molar-refractivity contribution in [1.29, 1.82) is 0 Å². The number of amides is 1. The zero-order valence-corrected chi connectivity index (χ0v) is 18.3. The van der Waals surface area contributed by atoms with Gasteiger partial charge < -0.3 is 25.6 Å². The summed E-state index contributed by atoms with van der Waals surface area (Å²) in [7, 11) is 0. The van der Waals surface area contributed by atoms with Gasteiger partial charge in [-0.2, -0.15) is 0 Å². The third-order valence-electron chi connectivity index (χ3n) is 6.62. The summed E-state index contributed by atoms with van der Waals surface area (Å²) >= 11 is 0. The van der Waals surface area contributed by atoms with Gasteiger partial charge in [-0.1, -0.05) is 66.7 Å². The topological polar surface area (TPSA) is 90.8 Å². The van der Waals surface area contributed by atoms with Crippen LogP contribution in [0.25, 0.3) is 11.1 Å². The Hall–Kier alpha value is -3.19. The van der Waals surface area contributed by atoms with Gasteiger partial charge in [-0.3, -0.25) is 0 Å². The minimum atomic E-state index is -1.14. The average molecular weight is 445 g/mol. The minimum Gasteiger partial charge on any atom is -0.449 e. The van der Waals surface area contributed by atoms with Crippen molar-refractivity contribution in [1.82, 2.24) is 10.6 Å². The number of nitrogens with one attached hydrogen (secondary N) is 2. The summed E-state index contributed by atoms with van der Waals surface area (Å²) in [5.41, 5.74) is 7.65. The lowest BCUT2D eigenvalue weighted by Crippen LogP contribution is -2.36. The molecule has 0 spiro atoms. The quantitative estimate of drug-likeness (QED) is 0.469. The minimum absolute atomic E-state index is 0.0252. The number of rotatable bonds is 6. The van der Waals surface area contributed by atoms with Gasteiger partial charge in [-0.15, -0.1) is 0 Å². The fourth-order valence-electron chi connectivity index (χ4n) is 4.86. The van der Waals surface area contributed by atoms with E-state index in [4.69, 9.17) is 4.74 Å². The lowest BCUT2D eigenvalue weighted by molar-refractivity contribution is 0.0185. The third kappa shape index (κ3) is 4.37. The monoisotopic (exact) mass is 444 g/mol. The molecule has 2 aliphatic rings. The average Bonchev–Trinajstić information content (AvgIpc) is 3.19. The standard InChI is InChI=1S/C27H28N2O4/c30-25(26(31)18-10-9-17-11-12-28-14-19(17)13-18)15-29-27(32)33-16-24-22-7-3-1-5-20(22)21-6-2-4-8-23(21)24/h1-10,13,24-26,28,30-31H,11-12,14-16H2,(H,29,32). The molecule has 5 rings (SSSR count). The summed E-state index contributed by atoms with van der Waals surface area (Å²) in [6, 6.07) is 22.1. The summed E-state index contributed by atoms with van der Waals surface area (Å²) < 4.78 is 5.50. The molecule has 3 aromatic rings. The summed E-state index contributed by atoms with van der Waals surface area (Å²) in [4.78, 5) is 12.3. The highest BCUT2D eigenvalue weighted by atomic mass is 16.5. The van der Waals surface area contributed by atoms with Crippen LogP contribution in [0.15, 0.2) is 66.7 Å². The van der Waals surface area contributed by atoms with Crippen LogP contribution in [0.1, 0.15) is 39.8 Å². The highest BCUT2D eigenvalue weighted by Crippen LogP contribution is 2.44. The lowest BCUT2D eigenvalue weighted by atomic mass is 9.95. The number of carbonyl (C=O) groups is 1. The van der Waals surface area contributed by atoms with E-state index in [1.165, 1.54) is 16.7 Å². The van der Waals surface area contributed by atoms with Crippen molar-refractivity contribution in [3.05, 3.63) is 94.5 Å². The molecule has 0 bridgehead atoms. The summed E-state index contributed by atoms with van der Waals surface area (Å²) in [6.07, 6.45) is -1.89. The Bertz CT molecular complexity index is 1120. The first-order valence-corrected chi connectivity index (χ1v) is 11.4. The number of aliphatic hydroxyl groups excluding tert-OH is 2. The van der Waals surface area contributed by atoms with E-state index in [2.05, 4.69) is 34.9 Å². The Balaban J connectivity index is 1.17. The highest BCUT2D eigenvalue weighted by molar-refractivity contribution is 5.79. The second-order valence-corrected chi connectivity index (χ2v) is 8.67. The van der Waals surface area contributed by atoms with Gasteiger partial charge in [0.05, 0.1) is 0 Å². The van der Waals surface area contributed by atoms with Gasteiger partial charge in [0.15, 0.2) is 0 Å². The van der Waals surface area contributed by atoms with E-state index in [0.29, 0.717) is 5.56 Å². The van der Waals surface area contributed by atoms with Gasteiger partial charge >= 0.3 is 6.09 Å². The van der Waals surface area contributed by atoms with Crippen LogP contribution in [0.2, 0.25) is 0 Å². The van der Waals surface area contributed by atoms with Crippen LogP contribution in [0.5, 0.6) is 0 Å². The van der Waals surface area contributed by atoms with E-state index in [1.54, 1.807) is 0 Å². The first-order chi connectivity index (χ1) is 16.1. The molecule has 0 fully saturated rings. The van der Waals surface area contributed by atoms with Crippen molar-refractivity contribution in [2.75, 3.05) is 19.7 Å². The predicted octanol–water partition coefficient (Wildman–Crippen LogP) is 3.27. The first kappa shape index (κ1) is 21.6. The van der Waals surface area contributed by atoms with Crippen LogP contribution in [-0.2, 0) is 17.7 Å². The maximum absolute atomic E-state index is 12.3. The third-order valence-corrected chi connectivity index (χ3v) is 6.62. The van der Waals surface area contributed by atoms with Crippen molar-refractivity contribution in [3.63, 3.8) is 0 Å². The molecule has 3 aromatic carbocycles. The molecule has 6 nitrogen and oxygen atoms in total. The zero-order chi connectivity index (χ0) is 22.8. The number of ether oxygens (including phenoxy) is 1. The van der Waals surface area contributed by atoms with Crippen LogP contribution in [0, 0.1) is 0 Å². The molecule has 0 radical (unpaired) electrons. The molecule has 6 heteroatoms. The van der Waals surface area contributed by atoms with Crippen LogP contribution in [0.4, 0.5) is 4.79 Å². The van der Waals surface area contributed by atoms with Gasteiger partial charge in [0.25, 0.3) is 0 Å². The van der Waals surface area contributed by atoms with Crippen LogP contribution in [0.3, 0.4) is 0 Å². The lowest BCUT2D eigenvalue weighted by Gasteiger charge is -2.22. The summed E-state index contributed by atoms with van der Waals surface area (Å²) in [6.45, 7) is 1.80. The van der Waals surface area contributed by atoms with E-state index in [1.807, 2.05) is 42.5 Å². The second kappa shape index (κ2) is 9.35. The second-order valence-electron chi connectivity index (χ2n) is 8.67. The Morgan fingerprint density at radius 2 is 1.70 bits per heavy atom. The predicted molar refractivity (Wildman–Crippen MR) is 126 cm³/mol. The smallest absolute Gasteiger partial charge is 0.407 e. The van der Waals surface area contributed by atoms with Gasteiger partial charge in [0.2, 0.25) is 0 Å². The fraction of sp³-hybridized carbons (Fsp3) is 0.296. The molecule has 1 aliphatic heterocycles. The van der Waals surface area contributed by atoms with E-state index in [0.717, 1.165) is 36.2 Å². The molecule has 33 heavy (non-hydrogen) atoms. The van der Waals surface area contributed by atoms with Crippen molar-refractivity contribution in [2.24, 2.45) is 0 Å². The SMILES string of the molecule is O=C(NCC(O)C(O)c1ccc2c(c1)CNCC2)OCC1c2ccccc2-c2ccccc21. The van der Waals surface area contributed by atoms with E-state index in [-0.39, 0.29) is 19.1 Å². The largest absolute Gasteiger partial charge is 0.449 e. The number of hydrogen-bond donors (Lipinski definition) is 4. The number of hydrogen-bond acceptors (Lipinski definition) is 5. The number of benzene rings is 3. The first-order valence-electron chi connectivity index (χ1n) is 11.4. The molecule has 0 saturated heterocycles. The van der Waals surface area contributed by atoms with Gasteiger partial charge in [0.1, 0.15) is 18.8 Å². The van der Waals surface area contributed by atoms with Crippen LogP contribution >= 0.6 is 0 Å². The molecular formula is C27H28N2O4. The van der Waals surface area contributed by atoms with E-state index >= 15 is 0 Å². The molecule has 0 saturated carbocycles. The number of aliphatic hydroxyl groups is 2. The number of alkyl carbamates (subject to hydrolysis) is 1. The van der Waals surface area contributed by atoms with Crippen molar-refractivity contribution >= 4 is 6.09 Å². The van der Waals surface area contributed by atoms with Gasteiger partial charge in [-0.25, -0.2) is 4.79 Å². The Kier molecular flexibility index (Phi) is 6.13. The molecule has 2 atom stereocenters. The van der Waals surface area contributed by atoms with Crippen LogP contribution < -0.4 is 10.6 Å². The molecule has 1 amide bonds. The molecular weight excluding hydrogens is 416 g/mol. The maximum Gasteiger partial charge on any atom is 0.407 e. The van der Waals surface area contributed by atoms with Crippen molar-refractivity contribution in [2.45, 2.75) is 31.1 Å². The van der Waals surface area contributed by atoms with Crippen molar-refractivity contribution < 1.29 is 19.7 Å². The van der Waals surface area contributed by atoms with Gasteiger partial charge in [-0.05, 0) is 51.9 Å². The highest BCUT2D eigenvalue weighted by Gasteiger charge is 2.29. The molecule has 170 valence electrons. The molecule has 1 heterocycles. The molecule has 2 unspecified atom stereocenters. The molecule has 0 aromatic heterocycles. The summed E-state index contributed by atoms with van der Waals surface area (Å²) in [5, 5.41) is 26.9. The Morgan fingerprint density at radius 3 is 2.42 bits per heavy atom. The summed E-state index contributed by atoms with van der Waals surface area (Å²) in [5.74, 6) is -0.0252. The van der Waals surface area contributed by atoms with E-state index < -0.39 is 18.3 Å². The zero-order valence-electron chi connectivity index (χ0n) is 18.3. The Morgan fingerprint density at radius 1 is 1.00 bits per heavy atom. The van der Waals surface area contributed by atoms with Crippen molar-refractivity contribution in [3.8, 4) is 11.1 Å². The number of fused-ring (bicyclic) bond motifs is 4.